The van der Waals surface area contributed by atoms with Crippen LogP contribution < -0.4 is 0 Å². The third-order valence-corrected chi connectivity index (χ3v) is 5.32. The van der Waals surface area contributed by atoms with Crippen molar-refractivity contribution >= 4 is 17.7 Å². The number of carbonyl (C=O) groups is 1. The van der Waals surface area contributed by atoms with Crippen LogP contribution in [-0.2, 0) is 9.47 Å². The number of carbonyl (C=O) groups excluding carboxylic acids is 1. The number of esters is 1. The monoisotopic (exact) mass is 352 g/mol. The maximum absolute atomic E-state index is 12.4. The van der Waals surface area contributed by atoms with Gasteiger partial charge in [-0.25, -0.2) is 4.79 Å². The van der Waals surface area contributed by atoms with Crippen LogP contribution in [0.15, 0.2) is 59.5 Å². The number of rotatable bonds is 4. The van der Waals surface area contributed by atoms with Gasteiger partial charge < -0.3 is 9.47 Å². The van der Waals surface area contributed by atoms with Crippen LogP contribution in [0.5, 0.6) is 0 Å². The Morgan fingerprint density at radius 2 is 1.92 bits per heavy atom. The van der Waals surface area contributed by atoms with E-state index >= 15 is 0 Å². The summed E-state index contributed by atoms with van der Waals surface area (Å²) < 4.78 is 11.4. The number of thioether (sulfide) groups is 1. The van der Waals surface area contributed by atoms with E-state index in [0.717, 1.165) is 11.3 Å². The summed E-state index contributed by atoms with van der Waals surface area (Å²) in [6.45, 7) is 2.46. The molecule has 1 saturated heterocycles. The number of hydrogen-bond acceptors (Lipinski definition) is 4. The van der Waals surface area contributed by atoms with Gasteiger partial charge in [0.1, 0.15) is 0 Å². The molecule has 0 saturated carbocycles. The Morgan fingerprint density at radius 3 is 2.60 bits per heavy atom. The number of aryl methyl sites for hydroxylation is 1. The Balaban J connectivity index is 1.72. The average molecular weight is 352 g/mol. The van der Waals surface area contributed by atoms with Crippen molar-refractivity contribution in [2.75, 3.05) is 6.61 Å². The Bertz CT molecular complexity index is 749. The number of benzene rings is 2. The van der Waals surface area contributed by atoms with Crippen LogP contribution in [-0.4, -0.2) is 24.1 Å². The van der Waals surface area contributed by atoms with Crippen molar-refractivity contribution in [1.82, 2.24) is 0 Å². The van der Waals surface area contributed by atoms with Gasteiger partial charge in [-0.1, -0.05) is 35.9 Å². The maximum Gasteiger partial charge on any atom is 0.340 e. The van der Waals surface area contributed by atoms with Gasteiger partial charge in [-0.2, -0.15) is 0 Å². The molecule has 2 aromatic carbocycles. The molecule has 0 spiro atoms. The van der Waals surface area contributed by atoms with E-state index in [2.05, 4.69) is 37.1 Å². The second-order valence-electron chi connectivity index (χ2n) is 6.04. The molecule has 0 aliphatic carbocycles. The van der Waals surface area contributed by atoms with Crippen LogP contribution in [0.3, 0.4) is 0 Å². The lowest BCUT2D eigenvalue weighted by molar-refractivity contribution is -0.135. The Kier molecular flexibility index (Phi) is 5.80. The maximum atomic E-state index is 12.4. The molecule has 4 heteroatoms. The smallest absolute Gasteiger partial charge is 0.340 e. The van der Waals surface area contributed by atoms with Gasteiger partial charge in [-0.05, 0) is 37.6 Å². The normalized spacial score (nSPS) is 22.8. The first-order valence-corrected chi connectivity index (χ1v) is 9.11. The van der Waals surface area contributed by atoms with Gasteiger partial charge in [0.2, 0.25) is 6.29 Å². The molecule has 128 valence electrons. The van der Waals surface area contributed by atoms with E-state index in [1.165, 1.54) is 5.56 Å². The molecule has 3 atom stereocenters. The molecule has 3 nitrogen and oxygen atoms in total. The van der Waals surface area contributed by atoms with Crippen LogP contribution in [0.2, 0.25) is 0 Å². The minimum absolute atomic E-state index is 0.0367. The molecule has 3 unspecified atom stereocenters. The second kappa shape index (κ2) is 8.24. The van der Waals surface area contributed by atoms with Crippen LogP contribution in [0.4, 0.5) is 0 Å². The van der Waals surface area contributed by atoms with Crippen molar-refractivity contribution in [3.8, 4) is 12.3 Å². The van der Waals surface area contributed by atoms with Crippen molar-refractivity contribution in [2.45, 2.75) is 29.8 Å². The van der Waals surface area contributed by atoms with E-state index in [0.29, 0.717) is 12.2 Å². The fourth-order valence-electron chi connectivity index (χ4n) is 2.65. The fourth-order valence-corrected chi connectivity index (χ4v) is 3.86. The number of hydrogen-bond donors (Lipinski definition) is 0. The molecule has 0 amide bonds. The first-order valence-electron chi connectivity index (χ1n) is 8.23. The predicted molar refractivity (Wildman–Crippen MR) is 99.4 cm³/mol. The largest absolute Gasteiger partial charge is 0.431 e. The van der Waals surface area contributed by atoms with Gasteiger partial charge >= 0.3 is 5.97 Å². The highest BCUT2D eigenvalue weighted by Crippen LogP contribution is 2.35. The van der Waals surface area contributed by atoms with Gasteiger partial charge in [-0.15, -0.1) is 24.1 Å². The first-order chi connectivity index (χ1) is 12.2. The fraction of sp³-hybridized carbons (Fsp3) is 0.286. The SMILES string of the molecule is C#CC1COC(OC(=O)c2ccccc2)C(Sc2ccc(C)cc2)C1. The molecule has 1 heterocycles. The molecule has 3 rings (SSSR count). The summed E-state index contributed by atoms with van der Waals surface area (Å²) in [5.74, 6) is 2.42. The molecule has 1 aliphatic heterocycles. The average Bonchev–Trinajstić information content (AvgIpc) is 2.65. The van der Waals surface area contributed by atoms with Crippen molar-refractivity contribution in [1.29, 1.82) is 0 Å². The van der Waals surface area contributed by atoms with E-state index < -0.39 is 6.29 Å². The Labute approximate surface area is 152 Å². The molecule has 0 N–H and O–H groups in total. The van der Waals surface area contributed by atoms with E-state index in [4.69, 9.17) is 15.9 Å². The second-order valence-corrected chi connectivity index (χ2v) is 7.35. The van der Waals surface area contributed by atoms with Crippen LogP contribution in [0.1, 0.15) is 22.3 Å². The highest BCUT2D eigenvalue weighted by molar-refractivity contribution is 8.00. The summed E-state index contributed by atoms with van der Waals surface area (Å²) in [6, 6.07) is 17.2. The molecule has 2 aromatic rings. The van der Waals surface area contributed by atoms with Crippen LogP contribution in [0, 0.1) is 25.2 Å². The molecule has 1 aliphatic rings. The van der Waals surface area contributed by atoms with Gasteiger partial charge in [-0.3, -0.25) is 0 Å². The minimum atomic E-state index is -0.608. The van der Waals surface area contributed by atoms with Gasteiger partial charge in [0.25, 0.3) is 0 Å². The summed E-state index contributed by atoms with van der Waals surface area (Å²) in [7, 11) is 0. The highest BCUT2D eigenvalue weighted by Gasteiger charge is 2.34. The lowest BCUT2D eigenvalue weighted by atomic mass is 10.0. The summed E-state index contributed by atoms with van der Waals surface area (Å²) >= 11 is 1.64. The first kappa shape index (κ1) is 17.6. The topological polar surface area (TPSA) is 35.5 Å². The standard InChI is InChI=1S/C21H20O3S/c1-3-16-13-19(25-18-11-9-15(2)10-12-18)21(23-14-16)24-20(22)17-7-5-4-6-8-17/h1,4-12,16,19,21H,13-14H2,2H3. The molecular formula is C21H20O3S. The van der Waals surface area contributed by atoms with Gasteiger partial charge in [0.05, 0.1) is 17.4 Å². The van der Waals surface area contributed by atoms with Gasteiger partial charge in [0, 0.05) is 10.8 Å². The summed E-state index contributed by atoms with van der Waals surface area (Å²) in [5, 5.41) is -0.0369. The van der Waals surface area contributed by atoms with Crippen molar-refractivity contribution in [3.05, 3.63) is 65.7 Å². The van der Waals surface area contributed by atoms with E-state index in [1.807, 2.05) is 18.2 Å². The zero-order valence-corrected chi connectivity index (χ0v) is 14.9. The molecule has 25 heavy (non-hydrogen) atoms. The summed E-state index contributed by atoms with van der Waals surface area (Å²) in [4.78, 5) is 13.5. The van der Waals surface area contributed by atoms with Crippen molar-refractivity contribution in [2.24, 2.45) is 5.92 Å². The quantitative estimate of drug-likeness (QED) is 0.607. The minimum Gasteiger partial charge on any atom is -0.431 e. The van der Waals surface area contributed by atoms with Crippen LogP contribution in [0.25, 0.3) is 0 Å². The number of ether oxygens (including phenoxy) is 2. The lowest BCUT2D eigenvalue weighted by Crippen LogP contribution is -2.39. The third-order valence-electron chi connectivity index (χ3n) is 4.06. The lowest BCUT2D eigenvalue weighted by Gasteiger charge is -2.33. The van der Waals surface area contributed by atoms with E-state index in [-0.39, 0.29) is 17.1 Å². The Hall–Kier alpha value is -2.22. The van der Waals surface area contributed by atoms with Gasteiger partial charge in [0.15, 0.2) is 0 Å². The molecule has 0 radical (unpaired) electrons. The van der Waals surface area contributed by atoms with E-state index in [9.17, 15) is 4.79 Å². The molecule has 0 bridgehead atoms. The van der Waals surface area contributed by atoms with E-state index in [1.54, 1.807) is 23.9 Å². The van der Waals surface area contributed by atoms with Crippen molar-refractivity contribution in [3.63, 3.8) is 0 Å². The highest BCUT2D eigenvalue weighted by atomic mass is 32.2. The van der Waals surface area contributed by atoms with Crippen LogP contribution >= 0.6 is 11.8 Å². The molecule has 1 fully saturated rings. The molecular weight excluding hydrogens is 332 g/mol. The summed E-state index contributed by atoms with van der Waals surface area (Å²) in [6.07, 6.45) is 5.71. The molecule has 0 aromatic heterocycles. The predicted octanol–water partition coefficient (Wildman–Crippen LogP) is 4.31. The summed E-state index contributed by atoms with van der Waals surface area (Å²) in [5.41, 5.74) is 1.72. The third kappa shape index (κ3) is 4.66. The zero-order valence-electron chi connectivity index (χ0n) is 14.1. The zero-order chi connectivity index (χ0) is 17.6. The Morgan fingerprint density at radius 1 is 1.20 bits per heavy atom. The number of terminal acetylenes is 1. The van der Waals surface area contributed by atoms with Crippen molar-refractivity contribution < 1.29 is 14.3 Å².